The first-order chi connectivity index (χ1) is 2.00. The Bertz CT molecular complexity index is 27.2. The van der Waals surface area contributed by atoms with E-state index >= 15 is 0 Å². The first kappa shape index (κ1) is 15.6. The molecule has 0 saturated heterocycles. The summed E-state index contributed by atoms with van der Waals surface area (Å²) >= 11 is 0. The maximum Gasteiger partial charge on any atom is 0.668 e. The summed E-state index contributed by atoms with van der Waals surface area (Å²) < 4.78 is 0. The fourth-order valence-electron chi connectivity index (χ4n) is 0. The predicted molar refractivity (Wildman–Crippen MR) is 30.3 cm³/mol. The lowest BCUT2D eigenvalue weighted by atomic mass is 10.8. The van der Waals surface area contributed by atoms with Crippen molar-refractivity contribution < 1.29 is 19.2 Å². The molecule has 0 aliphatic rings. The fourth-order valence-corrected chi connectivity index (χ4v) is 0. The molecule has 0 aliphatic carbocycles. The standard InChI is InChI=1S/Al.B.H4O4Si.3H/c;;1-5(2,3)4;;;/h;;1-4H;;;. The molecule has 0 aromatic rings. The van der Waals surface area contributed by atoms with Gasteiger partial charge in [0.25, 0.3) is 0 Å². The van der Waals surface area contributed by atoms with Gasteiger partial charge in [0, 0.05) is 8.41 Å². The lowest BCUT2D eigenvalue weighted by Crippen LogP contribution is -2.33. The van der Waals surface area contributed by atoms with Gasteiger partial charge in [0.05, 0.1) is 0 Å². The summed E-state index contributed by atoms with van der Waals surface area (Å²) in [6.07, 6.45) is 0. The molecular weight excluding hydrogens is 130 g/mol. The fraction of sp³-hybridized carbons (Fsp3) is 0. The Kier molecular flexibility index (Phi) is 10.7. The Morgan fingerprint density at radius 2 is 0.857 bits per heavy atom. The maximum absolute atomic E-state index is 7.33. The summed E-state index contributed by atoms with van der Waals surface area (Å²) in [6.45, 7) is 0. The largest absolute Gasteiger partial charge is 0.668 e. The zero-order valence-corrected chi connectivity index (χ0v) is 3.87. The van der Waals surface area contributed by atoms with Gasteiger partial charge in [-0.15, -0.1) is 0 Å². The van der Waals surface area contributed by atoms with Crippen LogP contribution in [-0.2, 0) is 0 Å². The second kappa shape index (κ2) is 4.80. The van der Waals surface area contributed by atoms with E-state index in [1.807, 2.05) is 0 Å². The van der Waals surface area contributed by atoms with Crippen molar-refractivity contribution in [1.29, 1.82) is 0 Å². The Morgan fingerprint density at radius 1 is 0.857 bits per heavy atom. The normalized spacial score (nSPS) is 8.57. The van der Waals surface area contributed by atoms with E-state index in [0.29, 0.717) is 0 Å². The highest BCUT2D eigenvalue weighted by atomic mass is 28.4. The van der Waals surface area contributed by atoms with E-state index in [-0.39, 0.29) is 25.8 Å². The quantitative estimate of drug-likeness (QED) is 0.255. The van der Waals surface area contributed by atoms with E-state index < -0.39 is 9.05 Å². The lowest BCUT2D eigenvalue weighted by molar-refractivity contribution is 0.117. The van der Waals surface area contributed by atoms with E-state index in [2.05, 4.69) is 0 Å². The van der Waals surface area contributed by atoms with Crippen molar-refractivity contribution in [3.63, 3.8) is 0 Å². The molecule has 3 radical (unpaired) electrons. The molecule has 0 aromatic carbocycles. The Morgan fingerprint density at radius 3 is 0.857 bits per heavy atom. The maximum atomic E-state index is 7.33. The molecule has 0 heterocycles. The van der Waals surface area contributed by atoms with Gasteiger partial charge in [-0.25, -0.2) is 0 Å². The van der Waals surface area contributed by atoms with Gasteiger partial charge >= 0.3 is 9.05 Å². The van der Waals surface area contributed by atoms with Crippen LogP contribution < -0.4 is 0 Å². The van der Waals surface area contributed by atoms with Gasteiger partial charge in [-0.2, -0.15) is 0 Å². The molecule has 0 saturated carbocycles. The van der Waals surface area contributed by atoms with Gasteiger partial charge in [0.1, 0.15) is 0 Å². The van der Waals surface area contributed by atoms with Gasteiger partial charge in [-0.05, 0) is 0 Å². The molecule has 7 heavy (non-hydrogen) atoms. The molecule has 0 unspecified atom stereocenters. The van der Waals surface area contributed by atoms with Gasteiger partial charge in [-0.3, -0.25) is 0 Å². The molecule has 7 heteroatoms. The van der Waals surface area contributed by atoms with E-state index in [9.17, 15) is 0 Å². The smallest absolute Gasteiger partial charge is 0.368 e. The summed E-state index contributed by atoms with van der Waals surface area (Å²) in [4.78, 5) is 29.3. The van der Waals surface area contributed by atoms with E-state index in [4.69, 9.17) is 19.2 Å². The van der Waals surface area contributed by atoms with Crippen LogP contribution in [0.1, 0.15) is 0 Å². The number of hydrogen-bond acceptors (Lipinski definition) is 4. The van der Waals surface area contributed by atoms with Crippen LogP contribution in [0.2, 0.25) is 0 Å². The van der Waals surface area contributed by atoms with Crippen LogP contribution in [0.15, 0.2) is 0 Å². The minimum absolute atomic E-state index is 0. The average molecular weight is 137 g/mol. The summed E-state index contributed by atoms with van der Waals surface area (Å²) in [5.74, 6) is 0. The molecular formula is H7AlBO4Si. The van der Waals surface area contributed by atoms with Crippen LogP contribution in [0.3, 0.4) is 0 Å². The minimum atomic E-state index is -4.61. The zero-order valence-electron chi connectivity index (χ0n) is 2.87. The molecule has 0 bridgehead atoms. The zero-order chi connectivity index (χ0) is 4.50. The van der Waals surface area contributed by atoms with Crippen LogP contribution in [0, 0.1) is 0 Å². The van der Waals surface area contributed by atoms with Crippen molar-refractivity contribution in [2.75, 3.05) is 0 Å². The second-order valence-corrected chi connectivity index (χ2v) is 1.80. The average Bonchev–Trinajstić information content (AvgIpc) is 0.722. The third kappa shape index (κ3) is 337. The molecule has 0 spiro atoms. The van der Waals surface area contributed by atoms with Crippen LogP contribution in [0.4, 0.5) is 0 Å². The van der Waals surface area contributed by atoms with Crippen molar-refractivity contribution in [3.8, 4) is 0 Å². The highest BCUT2D eigenvalue weighted by molar-refractivity contribution is 6.46. The van der Waals surface area contributed by atoms with E-state index in [1.54, 1.807) is 0 Å². The molecule has 0 aliphatic heterocycles. The molecule has 0 amide bonds. The summed E-state index contributed by atoms with van der Waals surface area (Å²) in [5.41, 5.74) is 0. The van der Waals surface area contributed by atoms with Gasteiger partial charge in [0.2, 0.25) is 0 Å². The first-order valence-corrected chi connectivity index (χ1v) is 2.68. The highest BCUT2D eigenvalue weighted by Crippen LogP contribution is 1.67. The summed E-state index contributed by atoms with van der Waals surface area (Å²) in [7, 11) is -4.61. The third-order valence-electron chi connectivity index (χ3n) is 0. The number of rotatable bonds is 0. The van der Waals surface area contributed by atoms with Gasteiger partial charge in [0.15, 0.2) is 17.4 Å². The Hall–Kier alpha value is 0.654. The van der Waals surface area contributed by atoms with Crippen LogP contribution in [0.5, 0.6) is 0 Å². The lowest BCUT2D eigenvalue weighted by Gasteiger charge is -1.91. The summed E-state index contributed by atoms with van der Waals surface area (Å²) in [6, 6.07) is 0. The Balaban J connectivity index is -0.0000000800. The molecule has 0 aromatic heterocycles. The van der Waals surface area contributed by atoms with Crippen molar-refractivity contribution >= 4 is 34.8 Å². The van der Waals surface area contributed by atoms with Crippen LogP contribution in [0.25, 0.3) is 0 Å². The summed E-state index contributed by atoms with van der Waals surface area (Å²) in [5, 5.41) is 0. The monoisotopic (exact) mass is 137 g/mol. The van der Waals surface area contributed by atoms with Crippen molar-refractivity contribution in [1.82, 2.24) is 0 Å². The van der Waals surface area contributed by atoms with E-state index in [0.717, 1.165) is 0 Å². The minimum Gasteiger partial charge on any atom is -0.368 e. The second-order valence-electron chi connectivity index (χ2n) is 0.600. The molecule has 0 rings (SSSR count). The van der Waals surface area contributed by atoms with Crippen molar-refractivity contribution in [2.24, 2.45) is 0 Å². The van der Waals surface area contributed by atoms with Crippen LogP contribution in [-0.4, -0.2) is 54.0 Å². The molecule has 0 atom stereocenters. The molecule has 4 nitrogen and oxygen atoms in total. The van der Waals surface area contributed by atoms with Crippen molar-refractivity contribution in [3.05, 3.63) is 0 Å². The van der Waals surface area contributed by atoms with Crippen LogP contribution >= 0.6 is 0 Å². The SMILES string of the molecule is O[Si](O)(O)O.[AlH3].[B]. The third-order valence-corrected chi connectivity index (χ3v) is 0. The van der Waals surface area contributed by atoms with Gasteiger partial charge in [-0.1, -0.05) is 0 Å². The highest BCUT2D eigenvalue weighted by Gasteiger charge is 2.22. The van der Waals surface area contributed by atoms with Gasteiger partial charge < -0.3 is 19.2 Å². The molecule has 4 N–H and O–H groups in total. The number of hydrogen-bond donors (Lipinski definition) is 4. The topological polar surface area (TPSA) is 80.9 Å². The predicted octanol–water partition coefficient (Wildman–Crippen LogP) is -4.17. The molecule has 41 valence electrons. The van der Waals surface area contributed by atoms with Crippen molar-refractivity contribution in [2.45, 2.75) is 0 Å². The Labute approximate surface area is 54.6 Å². The molecule has 0 fully saturated rings. The van der Waals surface area contributed by atoms with E-state index in [1.165, 1.54) is 0 Å². The first-order valence-electron chi connectivity index (χ1n) is 0.894.